The van der Waals surface area contributed by atoms with Crippen molar-refractivity contribution in [3.63, 3.8) is 0 Å². The minimum Gasteiger partial charge on any atom is -0.300 e. The molecular formula is C9H18BrN. The standard InChI is InChI=1S/C9H18BrN/c1-3-9-4-5-11(9)7-8(2)6-10/h8-9H,3-7H2,1-2H3. The molecule has 2 unspecified atom stereocenters. The molecule has 0 aromatic carbocycles. The third kappa shape index (κ3) is 2.45. The Labute approximate surface area is 78.3 Å². The SMILES string of the molecule is CCC1CCN1CC(C)CBr. The van der Waals surface area contributed by atoms with Gasteiger partial charge in [-0.1, -0.05) is 29.8 Å². The van der Waals surface area contributed by atoms with Gasteiger partial charge in [0.25, 0.3) is 0 Å². The summed E-state index contributed by atoms with van der Waals surface area (Å²) < 4.78 is 0. The lowest BCUT2D eigenvalue weighted by Crippen LogP contribution is -2.49. The minimum atomic E-state index is 0.810. The molecule has 1 saturated heterocycles. The highest BCUT2D eigenvalue weighted by molar-refractivity contribution is 9.09. The van der Waals surface area contributed by atoms with E-state index in [4.69, 9.17) is 0 Å². The van der Waals surface area contributed by atoms with Crippen LogP contribution in [-0.4, -0.2) is 29.4 Å². The molecule has 1 nitrogen and oxygen atoms in total. The second-order valence-corrected chi connectivity index (χ2v) is 4.25. The van der Waals surface area contributed by atoms with Crippen LogP contribution in [-0.2, 0) is 0 Å². The summed E-state index contributed by atoms with van der Waals surface area (Å²) >= 11 is 3.51. The number of rotatable bonds is 4. The molecule has 66 valence electrons. The predicted octanol–water partition coefficient (Wildman–Crippen LogP) is 2.50. The normalized spacial score (nSPS) is 28.1. The molecule has 1 aliphatic heterocycles. The van der Waals surface area contributed by atoms with Crippen LogP contribution in [0.25, 0.3) is 0 Å². The summed E-state index contributed by atoms with van der Waals surface area (Å²) in [6.07, 6.45) is 2.75. The molecule has 1 rings (SSSR count). The predicted molar refractivity (Wildman–Crippen MR) is 53.2 cm³/mol. The van der Waals surface area contributed by atoms with Crippen molar-refractivity contribution in [2.24, 2.45) is 5.92 Å². The molecule has 0 saturated carbocycles. The van der Waals surface area contributed by atoms with Gasteiger partial charge in [0.1, 0.15) is 0 Å². The van der Waals surface area contributed by atoms with E-state index in [9.17, 15) is 0 Å². The monoisotopic (exact) mass is 219 g/mol. The Balaban J connectivity index is 2.16. The van der Waals surface area contributed by atoms with E-state index in [1.807, 2.05) is 0 Å². The summed E-state index contributed by atoms with van der Waals surface area (Å²) in [5.74, 6) is 0.810. The van der Waals surface area contributed by atoms with Crippen molar-refractivity contribution in [1.29, 1.82) is 0 Å². The summed E-state index contributed by atoms with van der Waals surface area (Å²) in [7, 11) is 0. The van der Waals surface area contributed by atoms with Crippen LogP contribution in [0.2, 0.25) is 0 Å². The van der Waals surface area contributed by atoms with Crippen molar-refractivity contribution in [1.82, 2.24) is 4.90 Å². The Morgan fingerprint density at radius 1 is 1.64 bits per heavy atom. The number of hydrogen-bond donors (Lipinski definition) is 0. The maximum Gasteiger partial charge on any atom is 0.0105 e. The van der Waals surface area contributed by atoms with Gasteiger partial charge in [0.05, 0.1) is 0 Å². The fourth-order valence-electron chi connectivity index (χ4n) is 1.65. The van der Waals surface area contributed by atoms with E-state index in [-0.39, 0.29) is 0 Å². The molecule has 2 atom stereocenters. The summed E-state index contributed by atoms with van der Waals surface area (Å²) in [6, 6.07) is 0.900. The highest BCUT2D eigenvalue weighted by Gasteiger charge is 2.26. The van der Waals surface area contributed by atoms with Crippen molar-refractivity contribution >= 4 is 15.9 Å². The largest absolute Gasteiger partial charge is 0.300 e. The quantitative estimate of drug-likeness (QED) is 0.658. The maximum atomic E-state index is 3.51. The van der Waals surface area contributed by atoms with Gasteiger partial charge in [-0.15, -0.1) is 0 Å². The van der Waals surface area contributed by atoms with E-state index in [2.05, 4.69) is 34.7 Å². The number of hydrogen-bond acceptors (Lipinski definition) is 1. The number of likely N-dealkylation sites (tertiary alicyclic amines) is 1. The van der Waals surface area contributed by atoms with Crippen LogP contribution in [0.5, 0.6) is 0 Å². The second-order valence-electron chi connectivity index (χ2n) is 3.61. The Morgan fingerprint density at radius 2 is 2.36 bits per heavy atom. The molecule has 0 N–H and O–H groups in total. The Kier molecular flexibility index (Phi) is 3.86. The molecule has 0 aliphatic carbocycles. The average Bonchev–Trinajstić information content (AvgIpc) is 1.98. The average molecular weight is 220 g/mol. The summed E-state index contributed by atoms with van der Waals surface area (Å²) in [4.78, 5) is 2.60. The van der Waals surface area contributed by atoms with E-state index >= 15 is 0 Å². The van der Waals surface area contributed by atoms with Crippen LogP contribution in [0.15, 0.2) is 0 Å². The van der Waals surface area contributed by atoms with Gasteiger partial charge in [0, 0.05) is 17.9 Å². The van der Waals surface area contributed by atoms with Crippen molar-refractivity contribution in [2.45, 2.75) is 32.7 Å². The molecule has 0 bridgehead atoms. The highest BCUT2D eigenvalue weighted by atomic mass is 79.9. The summed E-state index contributed by atoms with van der Waals surface area (Å²) in [6.45, 7) is 7.20. The fourth-order valence-corrected chi connectivity index (χ4v) is 1.85. The lowest BCUT2D eigenvalue weighted by Gasteiger charge is -2.41. The third-order valence-corrected chi connectivity index (χ3v) is 3.65. The van der Waals surface area contributed by atoms with Crippen LogP contribution >= 0.6 is 15.9 Å². The lowest BCUT2D eigenvalue weighted by atomic mass is 9.99. The first kappa shape index (κ1) is 9.53. The van der Waals surface area contributed by atoms with E-state index < -0.39 is 0 Å². The molecule has 0 amide bonds. The van der Waals surface area contributed by atoms with Gasteiger partial charge in [0.2, 0.25) is 0 Å². The van der Waals surface area contributed by atoms with Crippen LogP contribution < -0.4 is 0 Å². The van der Waals surface area contributed by atoms with Gasteiger partial charge in [0.15, 0.2) is 0 Å². The van der Waals surface area contributed by atoms with Crippen molar-refractivity contribution in [3.05, 3.63) is 0 Å². The Hall–Kier alpha value is 0.440. The third-order valence-electron chi connectivity index (χ3n) is 2.55. The van der Waals surface area contributed by atoms with Gasteiger partial charge in [-0.3, -0.25) is 4.90 Å². The first-order chi connectivity index (χ1) is 5.27. The second kappa shape index (κ2) is 4.46. The van der Waals surface area contributed by atoms with Gasteiger partial charge >= 0.3 is 0 Å². The zero-order chi connectivity index (χ0) is 8.27. The van der Waals surface area contributed by atoms with Crippen LogP contribution in [0, 0.1) is 5.92 Å². The Morgan fingerprint density at radius 3 is 2.73 bits per heavy atom. The number of nitrogens with zero attached hydrogens (tertiary/aromatic N) is 1. The smallest absolute Gasteiger partial charge is 0.0105 e. The molecule has 0 radical (unpaired) electrons. The minimum absolute atomic E-state index is 0.810. The van der Waals surface area contributed by atoms with Gasteiger partial charge in [-0.25, -0.2) is 0 Å². The van der Waals surface area contributed by atoms with E-state index in [1.165, 1.54) is 25.9 Å². The molecule has 2 heteroatoms. The molecule has 1 heterocycles. The molecular weight excluding hydrogens is 202 g/mol. The zero-order valence-corrected chi connectivity index (χ0v) is 9.10. The van der Waals surface area contributed by atoms with E-state index in [1.54, 1.807) is 0 Å². The van der Waals surface area contributed by atoms with E-state index in [0.717, 1.165) is 17.3 Å². The van der Waals surface area contributed by atoms with Crippen molar-refractivity contribution in [2.75, 3.05) is 18.4 Å². The molecule has 0 aromatic rings. The molecule has 1 fully saturated rings. The van der Waals surface area contributed by atoms with E-state index in [0.29, 0.717) is 0 Å². The first-order valence-corrected chi connectivity index (χ1v) is 5.70. The van der Waals surface area contributed by atoms with Crippen LogP contribution in [0.4, 0.5) is 0 Å². The summed E-state index contributed by atoms with van der Waals surface area (Å²) in [5, 5.41) is 1.14. The van der Waals surface area contributed by atoms with Gasteiger partial charge < -0.3 is 0 Å². The first-order valence-electron chi connectivity index (χ1n) is 4.58. The van der Waals surface area contributed by atoms with Gasteiger partial charge in [-0.2, -0.15) is 0 Å². The lowest BCUT2D eigenvalue weighted by molar-refractivity contribution is 0.0751. The number of halogens is 1. The topological polar surface area (TPSA) is 3.24 Å². The zero-order valence-electron chi connectivity index (χ0n) is 7.52. The maximum absolute atomic E-state index is 3.51. The molecule has 0 aromatic heterocycles. The Bertz CT molecular complexity index is 114. The van der Waals surface area contributed by atoms with Crippen molar-refractivity contribution < 1.29 is 0 Å². The molecule has 1 aliphatic rings. The van der Waals surface area contributed by atoms with Gasteiger partial charge in [-0.05, 0) is 25.3 Å². The highest BCUT2D eigenvalue weighted by Crippen LogP contribution is 2.21. The van der Waals surface area contributed by atoms with Crippen LogP contribution in [0.1, 0.15) is 26.7 Å². The summed E-state index contributed by atoms with van der Waals surface area (Å²) in [5.41, 5.74) is 0. The fraction of sp³-hybridized carbons (Fsp3) is 1.00. The molecule has 0 spiro atoms. The molecule has 11 heavy (non-hydrogen) atoms. The van der Waals surface area contributed by atoms with Crippen molar-refractivity contribution in [3.8, 4) is 0 Å². The number of alkyl halides is 1. The van der Waals surface area contributed by atoms with Crippen LogP contribution in [0.3, 0.4) is 0 Å².